The van der Waals surface area contributed by atoms with Gasteiger partial charge < -0.3 is 9.73 Å². The molecule has 1 amide bonds. The largest absolute Gasteiger partial charge is 0.463 e. The molecule has 0 aliphatic carbocycles. The Labute approximate surface area is 174 Å². The van der Waals surface area contributed by atoms with Gasteiger partial charge in [0.2, 0.25) is 0 Å². The zero-order valence-corrected chi connectivity index (χ0v) is 17.3. The molecule has 6 nitrogen and oxygen atoms in total. The van der Waals surface area contributed by atoms with Gasteiger partial charge in [-0.3, -0.25) is 9.78 Å². The van der Waals surface area contributed by atoms with Crippen LogP contribution < -0.4 is 5.32 Å². The minimum absolute atomic E-state index is 0.0512. The van der Waals surface area contributed by atoms with Crippen molar-refractivity contribution in [2.45, 2.75) is 32.4 Å². The molecule has 2 atom stereocenters. The van der Waals surface area contributed by atoms with Crippen LogP contribution in [0, 0.1) is 5.92 Å². The minimum Gasteiger partial charge on any atom is -0.463 e. The first-order valence-corrected chi connectivity index (χ1v) is 10.6. The lowest BCUT2D eigenvalue weighted by atomic mass is 9.97. The molecule has 3 aromatic heterocycles. The van der Waals surface area contributed by atoms with E-state index in [2.05, 4.69) is 35.3 Å². The van der Waals surface area contributed by atoms with Crippen LogP contribution in [0.25, 0.3) is 0 Å². The first-order chi connectivity index (χ1) is 14.1. The molecule has 4 heterocycles. The first-order valence-electron chi connectivity index (χ1n) is 9.73. The van der Waals surface area contributed by atoms with Crippen molar-refractivity contribution in [3.8, 4) is 0 Å². The Morgan fingerprint density at radius 1 is 1.28 bits per heavy atom. The molecule has 0 bridgehead atoms. The van der Waals surface area contributed by atoms with Crippen LogP contribution in [0.5, 0.6) is 0 Å². The minimum atomic E-state index is -0.0946. The predicted molar refractivity (Wildman–Crippen MR) is 114 cm³/mol. The van der Waals surface area contributed by atoms with E-state index in [0.717, 1.165) is 16.2 Å². The van der Waals surface area contributed by atoms with E-state index in [0.29, 0.717) is 18.1 Å². The number of carbonyl (C=O) groups excluding carboxylic acids is 1. The van der Waals surface area contributed by atoms with E-state index in [4.69, 9.17) is 4.42 Å². The molecular formula is C22H24N4O2S. The fourth-order valence-electron chi connectivity index (χ4n) is 3.62. The summed E-state index contributed by atoms with van der Waals surface area (Å²) in [6, 6.07) is 11.7. The Hall–Kier alpha value is -2.77. The van der Waals surface area contributed by atoms with Crippen molar-refractivity contribution in [3.63, 3.8) is 0 Å². The number of hydrogen-bond acceptors (Lipinski definition) is 6. The number of carbonyl (C=O) groups is 1. The molecule has 0 spiro atoms. The molecule has 1 aliphatic heterocycles. The van der Waals surface area contributed by atoms with Crippen molar-refractivity contribution in [1.82, 2.24) is 15.3 Å². The summed E-state index contributed by atoms with van der Waals surface area (Å²) in [4.78, 5) is 18.4. The highest BCUT2D eigenvalue weighted by molar-refractivity contribution is 7.10. The number of nitrogens with one attached hydrogen (secondary N) is 1. The lowest BCUT2D eigenvalue weighted by Gasteiger charge is -2.25. The second-order valence-corrected chi connectivity index (χ2v) is 8.36. The van der Waals surface area contributed by atoms with E-state index in [1.54, 1.807) is 35.0 Å². The molecular weight excluding hydrogens is 384 g/mol. The molecule has 4 rings (SSSR count). The summed E-state index contributed by atoms with van der Waals surface area (Å²) in [5, 5.41) is 11.7. The van der Waals surface area contributed by atoms with Crippen LogP contribution in [0.15, 0.2) is 70.0 Å². The van der Waals surface area contributed by atoms with Gasteiger partial charge >= 0.3 is 0 Å². The number of hydrogen-bond donors (Lipinski definition) is 1. The van der Waals surface area contributed by atoms with Crippen LogP contribution in [0.2, 0.25) is 0 Å². The zero-order chi connectivity index (χ0) is 20.2. The number of rotatable bonds is 7. The highest BCUT2D eigenvalue weighted by atomic mass is 32.1. The van der Waals surface area contributed by atoms with Gasteiger partial charge in [-0.2, -0.15) is 5.10 Å². The van der Waals surface area contributed by atoms with Crippen LogP contribution in [0.3, 0.4) is 0 Å². The van der Waals surface area contributed by atoms with Gasteiger partial charge in [-0.25, -0.2) is 5.01 Å². The molecule has 1 aliphatic rings. The molecule has 0 saturated carbocycles. The van der Waals surface area contributed by atoms with E-state index in [1.807, 2.05) is 35.7 Å². The summed E-state index contributed by atoms with van der Waals surface area (Å²) in [5.74, 6) is 0.996. The number of furan rings is 1. The van der Waals surface area contributed by atoms with Gasteiger partial charge in [0.25, 0.3) is 5.91 Å². The third-order valence-electron chi connectivity index (χ3n) is 5.05. The molecule has 0 aromatic carbocycles. The van der Waals surface area contributed by atoms with E-state index in [-0.39, 0.29) is 24.5 Å². The highest BCUT2D eigenvalue weighted by Gasteiger charge is 2.34. The maximum Gasteiger partial charge on any atom is 0.257 e. The molecule has 0 fully saturated rings. The fraction of sp³-hybridized carbons (Fsp3) is 0.318. The van der Waals surface area contributed by atoms with Gasteiger partial charge in [-0.05, 0) is 47.2 Å². The van der Waals surface area contributed by atoms with Crippen LogP contribution in [0.1, 0.15) is 48.6 Å². The maximum absolute atomic E-state index is 13.1. The quantitative estimate of drug-likeness (QED) is 0.629. The van der Waals surface area contributed by atoms with Gasteiger partial charge in [0.05, 0.1) is 18.8 Å². The highest BCUT2D eigenvalue weighted by Crippen LogP contribution is 2.35. The average molecular weight is 409 g/mol. The van der Waals surface area contributed by atoms with Crippen LogP contribution in [-0.4, -0.2) is 28.2 Å². The summed E-state index contributed by atoms with van der Waals surface area (Å²) >= 11 is 1.64. The molecule has 0 saturated heterocycles. The van der Waals surface area contributed by atoms with Gasteiger partial charge in [0.1, 0.15) is 11.5 Å². The number of amides is 1. The number of aromatic nitrogens is 1. The maximum atomic E-state index is 13.1. The van der Waals surface area contributed by atoms with Gasteiger partial charge in [-0.15, -0.1) is 11.3 Å². The van der Waals surface area contributed by atoms with E-state index < -0.39 is 0 Å². The van der Waals surface area contributed by atoms with E-state index in [9.17, 15) is 4.79 Å². The van der Waals surface area contributed by atoms with Crippen molar-refractivity contribution in [3.05, 3.63) is 76.6 Å². The predicted octanol–water partition coefficient (Wildman–Crippen LogP) is 4.40. The molecule has 7 heteroatoms. The Bertz CT molecular complexity index is 952. The first kappa shape index (κ1) is 19.5. The normalized spacial score (nSPS) is 17.6. The summed E-state index contributed by atoms with van der Waals surface area (Å²) in [7, 11) is 0. The third-order valence-corrected chi connectivity index (χ3v) is 6.02. The number of thiophene rings is 1. The van der Waals surface area contributed by atoms with Crippen LogP contribution >= 0.6 is 11.3 Å². The SMILES string of the molecule is CC(C)C(NCC(=O)N1N=C(c2ccco2)CC1c1cccs1)c1ccncc1. The molecule has 1 N–H and O–H groups in total. The van der Waals surface area contributed by atoms with Crippen molar-refractivity contribution in [2.24, 2.45) is 11.0 Å². The molecule has 0 radical (unpaired) electrons. The van der Waals surface area contributed by atoms with Gasteiger partial charge in [-0.1, -0.05) is 19.9 Å². The average Bonchev–Trinajstić information content (AvgIpc) is 3.49. The van der Waals surface area contributed by atoms with Crippen molar-refractivity contribution in [2.75, 3.05) is 6.54 Å². The molecule has 29 heavy (non-hydrogen) atoms. The van der Waals surface area contributed by atoms with Crippen LogP contribution in [0.4, 0.5) is 0 Å². The Kier molecular flexibility index (Phi) is 5.87. The zero-order valence-electron chi connectivity index (χ0n) is 16.5. The second-order valence-electron chi connectivity index (χ2n) is 7.38. The van der Waals surface area contributed by atoms with E-state index in [1.165, 1.54) is 0 Å². The molecule has 150 valence electrons. The van der Waals surface area contributed by atoms with Gasteiger partial charge in [0, 0.05) is 29.7 Å². The summed E-state index contributed by atoms with van der Waals surface area (Å²) < 4.78 is 5.51. The standard InChI is InChI=1S/C22H24N4O2S/c1-15(2)22(16-7-9-23-10-8-16)24-14-21(27)26-18(20-6-4-12-29-20)13-17(25-26)19-5-3-11-28-19/h3-12,15,18,22,24H,13-14H2,1-2H3. The third kappa shape index (κ3) is 4.31. The van der Waals surface area contributed by atoms with Crippen molar-refractivity contribution >= 4 is 23.0 Å². The fourth-order valence-corrected chi connectivity index (χ4v) is 4.43. The lowest BCUT2D eigenvalue weighted by molar-refractivity contribution is -0.132. The Morgan fingerprint density at radius 3 is 2.76 bits per heavy atom. The summed E-state index contributed by atoms with van der Waals surface area (Å²) in [6.07, 6.45) is 5.84. The van der Waals surface area contributed by atoms with Gasteiger partial charge in [0.15, 0.2) is 0 Å². The number of nitrogens with zero attached hydrogens (tertiary/aromatic N) is 3. The van der Waals surface area contributed by atoms with Crippen LogP contribution in [-0.2, 0) is 4.79 Å². The van der Waals surface area contributed by atoms with Crippen molar-refractivity contribution in [1.29, 1.82) is 0 Å². The number of pyridine rings is 1. The Morgan fingerprint density at radius 2 is 2.10 bits per heavy atom. The smallest absolute Gasteiger partial charge is 0.257 e. The monoisotopic (exact) mass is 408 g/mol. The number of hydrazone groups is 1. The van der Waals surface area contributed by atoms with E-state index >= 15 is 0 Å². The topological polar surface area (TPSA) is 70.7 Å². The lowest BCUT2D eigenvalue weighted by Crippen LogP contribution is -2.38. The summed E-state index contributed by atoms with van der Waals surface area (Å²) in [6.45, 7) is 4.49. The molecule has 2 unspecified atom stereocenters. The Balaban J connectivity index is 1.51. The molecule has 3 aromatic rings. The summed E-state index contributed by atoms with van der Waals surface area (Å²) in [5.41, 5.74) is 1.93. The van der Waals surface area contributed by atoms with Crippen molar-refractivity contribution < 1.29 is 9.21 Å². The second kappa shape index (κ2) is 8.71.